The zero-order valence-corrected chi connectivity index (χ0v) is 15.4. The number of carbonyl (C=O) groups excluding carboxylic acids is 1. The molecule has 0 aliphatic carbocycles. The van der Waals surface area contributed by atoms with E-state index in [0.717, 1.165) is 25.0 Å². The fourth-order valence-electron chi connectivity index (χ4n) is 2.98. The van der Waals surface area contributed by atoms with Gasteiger partial charge in [-0.15, -0.1) is 0 Å². The van der Waals surface area contributed by atoms with Crippen molar-refractivity contribution in [2.75, 3.05) is 25.6 Å². The van der Waals surface area contributed by atoms with Crippen LogP contribution in [0.3, 0.4) is 0 Å². The smallest absolute Gasteiger partial charge is 0.224 e. The highest BCUT2D eigenvalue weighted by Gasteiger charge is 2.16. The zero-order chi connectivity index (χ0) is 19.1. The lowest BCUT2D eigenvalue weighted by Gasteiger charge is -2.12. The maximum Gasteiger partial charge on any atom is 0.224 e. The summed E-state index contributed by atoms with van der Waals surface area (Å²) >= 11 is 0. The van der Waals surface area contributed by atoms with Gasteiger partial charge in [0.05, 0.1) is 13.2 Å². The minimum Gasteiger partial charge on any atom is -0.494 e. The molecule has 0 spiro atoms. The van der Waals surface area contributed by atoms with Gasteiger partial charge in [0, 0.05) is 24.8 Å². The predicted molar refractivity (Wildman–Crippen MR) is 101 cm³/mol. The Morgan fingerprint density at radius 2 is 2.19 bits per heavy atom. The van der Waals surface area contributed by atoms with Crippen LogP contribution >= 0.6 is 0 Å². The van der Waals surface area contributed by atoms with E-state index in [4.69, 9.17) is 14.2 Å². The zero-order valence-electron chi connectivity index (χ0n) is 15.4. The molecule has 1 amide bonds. The highest BCUT2D eigenvalue weighted by molar-refractivity contribution is 5.91. The molecular formula is C21H24FNO4. The van der Waals surface area contributed by atoms with Gasteiger partial charge >= 0.3 is 0 Å². The van der Waals surface area contributed by atoms with Crippen LogP contribution in [0.4, 0.5) is 10.1 Å². The summed E-state index contributed by atoms with van der Waals surface area (Å²) in [6.07, 6.45) is 2.94. The molecule has 1 N–H and O–H groups in total. The molecule has 0 bridgehead atoms. The number of nitrogens with one attached hydrogen (secondary N) is 1. The summed E-state index contributed by atoms with van der Waals surface area (Å²) < 4.78 is 29.9. The average molecular weight is 373 g/mol. The molecule has 1 heterocycles. The SMILES string of the molecule is COc1ccc(CCC(=O)Nc2cccc(OCC3CCCO3)c2)cc1F. The summed E-state index contributed by atoms with van der Waals surface area (Å²) in [6.45, 7) is 1.31. The molecule has 0 aromatic heterocycles. The predicted octanol–water partition coefficient (Wildman–Crippen LogP) is 3.96. The van der Waals surface area contributed by atoms with E-state index in [1.54, 1.807) is 18.2 Å². The molecule has 6 heteroatoms. The van der Waals surface area contributed by atoms with Crippen LogP contribution in [-0.2, 0) is 16.0 Å². The quantitative estimate of drug-likeness (QED) is 0.761. The number of benzene rings is 2. The number of rotatable bonds is 8. The first-order valence-corrected chi connectivity index (χ1v) is 9.11. The first kappa shape index (κ1) is 19.2. The maximum atomic E-state index is 13.7. The van der Waals surface area contributed by atoms with Crippen molar-refractivity contribution in [1.29, 1.82) is 0 Å². The molecule has 3 rings (SSSR count). The number of aryl methyl sites for hydroxylation is 1. The van der Waals surface area contributed by atoms with E-state index >= 15 is 0 Å². The largest absolute Gasteiger partial charge is 0.494 e. The third kappa shape index (κ3) is 5.69. The average Bonchev–Trinajstić information content (AvgIpc) is 3.19. The van der Waals surface area contributed by atoms with Crippen LogP contribution < -0.4 is 14.8 Å². The lowest BCUT2D eigenvalue weighted by atomic mass is 10.1. The second-order valence-electron chi connectivity index (χ2n) is 6.49. The Balaban J connectivity index is 1.48. The minimum absolute atomic E-state index is 0.137. The summed E-state index contributed by atoms with van der Waals surface area (Å²) in [6, 6.07) is 12.0. The van der Waals surface area contributed by atoms with E-state index in [0.29, 0.717) is 24.5 Å². The van der Waals surface area contributed by atoms with Gasteiger partial charge in [-0.3, -0.25) is 4.79 Å². The molecule has 144 valence electrons. The first-order chi connectivity index (χ1) is 13.1. The standard InChI is InChI=1S/C21H24FNO4/c1-25-20-9-7-15(12-19(20)22)8-10-21(24)23-16-4-2-5-17(13-16)27-14-18-6-3-11-26-18/h2,4-5,7,9,12-13,18H,3,6,8,10-11,14H2,1H3,(H,23,24). The fourth-order valence-corrected chi connectivity index (χ4v) is 2.98. The number of methoxy groups -OCH3 is 1. The van der Waals surface area contributed by atoms with Gasteiger partial charge in [-0.25, -0.2) is 4.39 Å². The Morgan fingerprint density at radius 1 is 1.30 bits per heavy atom. The number of anilines is 1. The van der Waals surface area contributed by atoms with Gasteiger partial charge < -0.3 is 19.5 Å². The van der Waals surface area contributed by atoms with E-state index in [9.17, 15) is 9.18 Å². The van der Waals surface area contributed by atoms with Crippen LogP contribution in [0.2, 0.25) is 0 Å². The van der Waals surface area contributed by atoms with Gasteiger partial charge in [-0.1, -0.05) is 12.1 Å². The number of halogens is 1. The molecule has 1 saturated heterocycles. The topological polar surface area (TPSA) is 56.8 Å². The molecule has 1 aliphatic rings. The van der Waals surface area contributed by atoms with Crippen molar-refractivity contribution in [3.63, 3.8) is 0 Å². The fraction of sp³-hybridized carbons (Fsp3) is 0.381. The van der Waals surface area contributed by atoms with Crippen molar-refractivity contribution >= 4 is 11.6 Å². The van der Waals surface area contributed by atoms with Crippen molar-refractivity contribution in [2.24, 2.45) is 0 Å². The highest BCUT2D eigenvalue weighted by Crippen LogP contribution is 2.21. The second kappa shape index (κ2) is 9.37. The summed E-state index contributed by atoms with van der Waals surface area (Å²) in [7, 11) is 1.42. The number of amides is 1. The molecule has 2 aromatic rings. The van der Waals surface area contributed by atoms with Crippen LogP contribution in [0.1, 0.15) is 24.8 Å². The van der Waals surface area contributed by atoms with Crippen molar-refractivity contribution in [2.45, 2.75) is 31.8 Å². The van der Waals surface area contributed by atoms with Gasteiger partial charge in [0.15, 0.2) is 11.6 Å². The number of hydrogen-bond donors (Lipinski definition) is 1. The Bertz CT molecular complexity index is 775. The summed E-state index contributed by atoms with van der Waals surface area (Å²) in [4.78, 5) is 12.2. The number of ether oxygens (including phenoxy) is 3. The molecule has 1 fully saturated rings. The molecule has 5 nitrogen and oxygen atoms in total. The molecule has 1 unspecified atom stereocenters. The Hall–Kier alpha value is -2.60. The molecule has 0 radical (unpaired) electrons. The number of hydrogen-bond acceptors (Lipinski definition) is 4. The van der Waals surface area contributed by atoms with Gasteiger partial charge in [0.1, 0.15) is 12.4 Å². The van der Waals surface area contributed by atoms with E-state index in [2.05, 4.69) is 5.32 Å². The van der Waals surface area contributed by atoms with Gasteiger partial charge in [0.2, 0.25) is 5.91 Å². The second-order valence-corrected chi connectivity index (χ2v) is 6.49. The lowest BCUT2D eigenvalue weighted by Crippen LogP contribution is -2.16. The summed E-state index contributed by atoms with van der Waals surface area (Å²) in [5, 5.41) is 2.85. The summed E-state index contributed by atoms with van der Waals surface area (Å²) in [5.74, 6) is 0.331. The minimum atomic E-state index is -0.425. The first-order valence-electron chi connectivity index (χ1n) is 9.11. The van der Waals surface area contributed by atoms with E-state index < -0.39 is 5.82 Å². The highest BCUT2D eigenvalue weighted by atomic mass is 19.1. The monoisotopic (exact) mass is 373 g/mol. The van der Waals surface area contributed by atoms with Crippen LogP contribution in [0.15, 0.2) is 42.5 Å². The Labute approximate surface area is 158 Å². The van der Waals surface area contributed by atoms with Crippen LogP contribution in [-0.4, -0.2) is 32.3 Å². The van der Waals surface area contributed by atoms with E-state index in [1.807, 2.05) is 18.2 Å². The normalized spacial score (nSPS) is 16.1. The molecule has 0 saturated carbocycles. The van der Waals surface area contributed by atoms with Crippen LogP contribution in [0.25, 0.3) is 0 Å². The van der Waals surface area contributed by atoms with Crippen molar-refractivity contribution in [3.8, 4) is 11.5 Å². The Kier molecular flexibility index (Phi) is 6.65. The lowest BCUT2D eigenvalue weighted by molar-refractivity contribution is -0.116. The molecule has 1 atom stereocenters. The molecule has 1 aliphatic heterocycles. The third-order valence-electron chi connectivity index (χ3n) is 4.43. The van der Waals surface area contributed by atoms with Gasteiger partial charge in [-0.2, -0.15) is 0 Å². The van der Waals surface area contributed by atoms with Gasteiger partial charge in [-0.05, 0) is 49.1 Å². The molecule has 2 aromatic carbocycles. The van der Waals surface area contributed by atoms with Crippen molar-refractivity contribution < 1.29 is 23.4 Å². The van der Waals surface area contributed by atoms with Crippen LogP contribution in [0.5, 0.6) is 11.5 Å². The van der Waals surface area contributed by atoms with Crippen molar-refractivity contribution in [3.05, 3.63) is 53.8 Å². The maximum absolute atomic E-state index is 13.7. The Morgan fingerprint density at radius 3 is 2.93 bits per heavy atom. The summed E-state index contributed by atoms with van der Waals surface area (Å²) in [5.41, 5.74) is 1.42. The molecular weight excluding hydrogens is 349 g/mol. The van der Waals surface area contributed by atoms with E-state index in [1.165, 1.54) is 13.2 Å². The van der Waals surface area contributed by atoms with Crippen LogP contribution in [0, 0.1) is 5.82 Å². The molecule has 27 heavy (non-hydrogen) atoms. The third-order valence-corrected chi connectivity index (χ3v) is 4.43. The van der Waals surface area contributed by atoms with E-state index in [-0.39, 0.29) is 24.2 Å². The number of carbonyl (C=O) groups is 1. The van der Waals surface area contributed by atoms with Crippen molar-refractivity contribution in [1.82, 2.24) is 0 Å². The van der Waals surface area contributed by atoms with Gasteiger partial charge in [0.25, 0.3) is 0 Å².